The molecule has 0 unspecified atom stereocenters. The molecule has 0 amide bonds. The van der Waals surface area contributed by atoms with Crippen LogP contribution < -0.4 is 9.62 Å². The van der Waals surface area contributed by atoms with Crippen LogP contribution in [0, 0.1) is 6.92 Å². The van der Waals surface area contributed by atoms with Gasteiger partial charge in [0, 0.05) is 50.7 Å². The molecule has 0 saturated carbocycles. The number of rotatable bonds is 5. The fourth-order valence-corrected chi connectivity index (χ4v) is 3.67. The highest BCUT2D eigenvalue weighted by Gasteiger charge is 2.21. The quantitative estimate of drug-likeness (QED) is 0.874. The zero-order valence-corrected chi connectivity index (χ0v) is 15.9. The summed E-state index contributed by atoms with van der Waals surface area (Å²) in [6.45, 7) is 5.69. The Balaban J connectivity index is 2.13. The minimum Gasteiger partial charge on any atom is -0.341 e. The van der Waals surface area contributed by atoms with Crippen LogP contribution in [-0.4, -0.2) is 49.9 Å². The first kappa shape index (κ1) is 19.1. The molecule has 0 aromatic carbocycles. The lowest BCUT2D eigenvalue weighted by atomic mass is 10.1. The second-order valence-corrected chi connectivity index (χ2v) is 8.51. The number of aryl methyl sites for hydroxylation is 1. The molecule has 24 heavy (non-hydrogen) atoms. The van der Waals surface area contributed by atoms with E-state index in [0.717, 1.165) is 34.6 Å². The SMILES string of the molecule is Cc1nc(N2CCCCCCC2)ncc1[C@H](C)NS(=O)(=O)N(C)C. The van der Waals surface area contributed by atoms with E-state index in [0.29, 0.717) is 0 Å². The van der Waals surface area contributed by atoms with Crippen LogP contribution in [0.4, 0.5) is 5.95 Å². The average Bonchev–Trinajstić information content (AvgIpc) is 2.45. The van der Waals surface area contributed by atoms with Gasteiger partial charge >= 0.3 is 0 Å². The predicted molar refractivity (Wildman–Crippen MR) is 96.2 cm³/mol. The molecule has 1 aromatic rings. The van der Waals surface area contributed by atoms with Crippen molar-refractivity contribution in [3.63, 3.8) is 0 Å². The summed E-state index contributed by atoms with van der Waals surface area (Å²) in [5.41, 5.74) is 1.62. The van der Waals surface area contributed by atoms with E-state index >= 15 is 0 Å². The van der Waals surface area contributed by atoms with E-state index in [1.807, 2.05) is 13.8 Å². The number of nitrogens with one attached hydrogen (secondary N) is 1. The van der Waals surface area contributed by atoms with Crippen LogP contribution in [0.1, 0.15) is 56.3 Å². The second kappa shape index (κ2) is 8.22. The van der Waals surface area contributed by atoms with Gasteiger partial charge in [-0.25, -0.2) is 9.97 Å². The number of nitrogens with zero attached hydrogens (tertiary/aromatic N) is 4. The fourth-order valence-electron chi connectivity index (χ4n) is 2.88. The Morgan fingerprint density at radius 1 is 1.17 bits per heavy atom. The van der Waals surface area contributed by atoms with Gasteiger partial charge in [-0.3, -0.25) is 0 Å². The first-order valence-electron chi connectivity index (χ1n) is 8.59. The second-order valence-electron chi connectivity index (χ2n) is 6.59. The Bertz CT molecular complexity index is 640. The van der Waals surface area contributed by atoms with Crippen LogP contribution in [0.25, 0.3) is 0 Å². The van der Waals surface area contributed by atoms with E-state index in [9.17, 15) is 8.42 Å². The van der Waals surface area contributed by atoms with Gasteiger partial charge in [0.25, 0.3) is 10.2 Å². The molecular formula is C16H29N5O2S. The summed E-state index contributed by atoms with van der Waals surface area (Å²) in [5.74, 6) is 0.751. The van der Waals surface area contributed by atoms with Gasteiger partial charge in [-0.2, -0.15) is 17.4 Å². The highest BCUT2D eigenvalue weighted by atomic mass is 32.2. The van der Waals surface area contributed by atoms with Crippen molar-refractivity contribution in [1.29, 1.82) is 0 Å². The van der Waals surface area contributed by atoms with E-state index in [-0.39, 0.29) is 6.04 Å². The van der Waals surface area contributed by atoms with Crippen molar-refractivity contribution < 1.29 is 8.42 Å². The van der Waals surface area contributed by atoms with E-state index in [1.165, 1.54) is 46.2 Å². The lowest BCUT2D eigenvalue weighted by molar-refractivity contribution is 0.493. The molecule has 0 aliphatic carbocycles. The third kappa shape index (κ3) is 4.87. The number of hydrogen-bond acceptors (Lipinski definition) is 5. The van der Waals surface area contributed by atoms with Crippen LogP contribution >= 0.6 is 0 Å². The highest BCUT2D eigenvalue weighted by molar-refractivity contribution is 7.87. The van der Waals surface area contributed by atoms with Gasteiger partial charge in [0.1, 0.15) is 0 Å². The van der Waals surface area contributed by atoms with Gasteiger partial charge in [0.2, 0.25) is 5.95 Å². The van der Waals surface area contributed by atoms with E-state index in [4.69, 9.17) is 0 Å². The Kier molecular flexibility index (Phi) is 6.54. The lowest BCUT2D eigenvalue weighted by Gasteiger charge is -2.26. The van der Waals surface area contributed by atoms with E-state index in [2.05, 4.69) is 19.6 Å². The molecule has 1 aromatic heterocycles. The van der Waals surface area contributed by atoms with E-state index < -0.39 is 10.2 Å². The van der Waals surface area contributed by atoms with Crippen molar-refractivity contribution in [2.24, 2.45) is 0 Å². The summed E-state index contributed by atoms with van der Waals surface area (Å²) in [7, 11) is -0.478. The van der Waals surface area contributed by atoms with Crippen molar-refractivity contribution in [2.45, 2.75) is 52.0 Å². The molecule has 1 saturated heterocycles. The third-order valence-corrected chi connectivity index (χ3v) is 6.03. The largest absolute Gasteiger partial charge is 0.341 e. The smallest absolute Gasteiger partial charge is 0.279 e. The number of hydrogen-bond donors (Lipinski definition) is 1. The molecule has 2 heterocycles. The fraction of sp³-hybridized carbons (Fsp3) is 0.750. The molecule has 0 spiro atoms. The minimum absolute atomic E-state index is 0.376. The molecule has 1 aliphatic heterocycles. The molecule has 7 nitrogen and oxygen atoms in total. The zero-order valence-electron chi connectivity index (χ0n) is 15.1. The summed E-state index contributed by atoms with van der Waals surface area (Å²) in [4.78, 5) is 11.4. The normalized spacial score (nSPS) is 18.3. The highest BCUT2D eigenvalue weighted by Crippen LogP contribution is 2.20. The summed E-state index contributed by atoms with van der Waals surface area (Å²) in [5, 5.41) is 0. The van der Waals surface area contributed by atoms with Crippen LogP contribution in [0.15, 0.2) is 6.20 Å². The van der Waals surface area contributed by atoms with Gasteiger partial charge in [-0.15, -0.1) is 0 Å². The molecular weight excluding hydrogens is 326 g/mol. The van der Waals surface area contributed by atoms with Crippen molar-refractivity contribution >= 4 is 16.2 Å². The molecule has 1 atom stereocenters. The summed E-state index contributed by atoms with van der Waals surface area (Å²) < 4.78 is 27.7. The van der Waals surface area contributed by atoms with Gasteiger partial charge in [0.15, 0.2) is 0 Å². The Hall–Kier alpha value is -1.25. The van der Waals surface area contributed by atoms with Crippen molar-refractivity contribution in [2.75, 3.05) is 32.1 Å². The first-order chi connectivity index (χ1) is 11.3. The topological polar surface area (TPSA) is 78.4 Å². The van der Waals surface area contributed by atoms with Gasteiger partial charge < -0.3 is 4.90 Å². The monoisotopic (exact) mass is 355 g/mol. The van der Waals surface area contributed by atoms with Crippen LogP contribution in [0.2, 0.25) is 0 Å². The first-order valence-corrected chi connectivity index (χ1v) is 10.0. The lowest BCUT2D eigenvalue weighted by Crippen LogP contribution is -2.37. The van der Waals surface area contributed by atoms with Gasteiger partial charge in [0.05, 0.1) is 0 Å². The molecule has 1 aliphatic rings. The molecule has 2 rings (SSSR count). The van der Waals surface area contributed by atoms with E-state index in [1.54, 1.807) is 6.20 Å². The molecule has 1 N–H and O–H groups in total. The maximum Gasteiger partial charge on any atom is 0.279 e. The predicted octanol–water partition coefficient (Wildman–Crippen LogP) is 2.01. The summed E-state index contributed by atoms with van der Waals surface area (Å²) in [6.07, 6.45) is 7.93. The maximum atomic E-state index is 12.0. The molecule has 0 radical (unpaired) electrons. The Labute approximate surface area is 145 Å². The zero-order chi connectivity index (χ0) is 17.7. The molecule has 8 heteroatoms. The number of anilines is 1. The Morgan fingerprint density at radius 3 is 2.29 bits per heavy atom. The Morgan fingerprint density at radius 2 is 1.75 bits per heavy atom. The van der Waals surface area contributed by atoms with Crippen LogP contribution in [0.5, 0.6) is 0 Å². The van der Waals surface area contributed by atoms with Gasteiger partial charge in [-0.1, -0.05) is 19.3 Å². The average molecular weight is 356 g/mol. The standard InChI is InChI=1S/C16H29N5O2S/c1-13-15(14(2)19-24(22,23)20(3)4)12-17-16(18-13)21-10-8-6-5-7-9-11-21/h12,14,19H,5-11H2,1-4H3/t14-/m0/s1. The molecule has 0 bridgehead atoms. The van der Waals surface area contributed by atoms with Crippen LogP contribution in [-0.2, 0) is 10.2 Å². The van der Waals surface area contributed by atoms with Crippen molar-refractivity contribution in [3.05, 3.63) is 17.5 Å². The molecule has 136 valence electrons. The summed E-state index contributed by atoms with van der Waals surface area (Å²) in [6, 6.07) is -0.376. The minimum atomic E-state index is -3.48. The van der Waals surface area contributed by atoms with Crippen LogP contribution in [0.3, 0.4) is 0 Å². The maximum absolute atomic E-state index is 12.0. The van der Waals surface area contributed by atoms with Gasteiger partial charge in [-0.05, 0) is 26.7 Å². The van der Waals surface area contributed by atoms with Crippen molar-refractivity contribution in [1.82, 2.24) is 19.0 Å². The summed E-state index contributed by atoms with van der Waals surface area (Å²) >= 11 is 0. The van der Waals surface area contributed by atoms with Crippen molar-refractivity contribution in [3.8, 4) is 0 Å². The number of aromatic nitrogens is 2. The molecule has 1 fully saturated rings. The third-order valence-electron chi connectivity index (χ3n) is 4.42.